The van der Waals surface area contributed by atoms with E-state index in [0.717, 1.165) is 5.57 Å². The van der Waals surface area contributed by atoms with E-state index in [1.807, 2.05) is 65.8 Å². The molecule has 0 radical (unpaired) electrons. The molecule has 0 aromatic heterocycles. The third-order valence-electron chi connectivity index (χ3n) is 7.64. The Morgan fingerprint density at radius 2 is 1.76 bits per heavy atom. The van der Waals surface area contributed by atoms with E-state index in [2.05, 4.69) is 33.9 Å². The van der Waals surface area contributed by atoms with Crippen molar-refractivity contribution in [2.45, 2.75) is 98.3 Å². The fraction of sp³-hybridized carbons (Fsp3) is 0.553. The SMILES string of the molecule is C/C=C\C[C@@H](C/C=C\NC(=O)[C@@H](NC(=O)\C=C/C=C\C(C)=C\[C@H](C)[C@@H]1CCC=C(OC)C(=O)O1)C(C)(C)C)OC(=O)NCCCNC(=O)CCS. The largest absolute Gasteiger partial charge is 0.490 e. The van der Waals surface area contributed by atoms with Crippen LogP contribution in [0.15, 0.2) is 72.2 Å². The van der Waals surface area contributed by atoms with E-state index in [4.69, 9.17) is 14.2 Å². The van der Waals surface area contributed by atoms with E-state index in [1.54, 1.807) is 24.3 Å². The monoisotopic (exact) mass is 730 g/mol. The van der Waals surface area contributed by atoms with Crippen LogP contribution in [0, 0.1) is 11.3 Å². The van der Waals surface area contributed by atoms with Gasteiger partial charge in [-0.25, -0.2) is 9.59 Å². The van der Waals surface area contributed by atoms with Crippen LogP contribution in [0.2, 0.25) is 0 Å². The molecule has 13 heteroatoms. The smallest absolute Gasteiger partial charge is 0.407 e. The maximum atomic E-state index is 13.1. The number of cyclic esters (lactones) is 1. The number of rotatable bonds is 20. The van der Waals surface area contributed by atoms with Crippen LogP contribution in [0.1, 0.15) is 80.1 Å². The summed E-state index contributed by atoms with van der Waals surface area (Å²) >= 11 is 4.02. The number of nitrogens with one attached hydrogen (secondary N) is 4. The zero-order valence-corrected chi connectivity index (χ0v) is 32.1. The maximum Gasteiger partial charge on any atom is 0.407 e. The fourth-order valence-corrected chi connectivity index (χ4v) is 5.06. The lowest BCUT2D eigenvalue weighted by Gasteiger charge is -2.29. The molecule has 1 aliphatic rings. The summed E-state index contributed by atoms with van der Waals surface area (Å²) in [5, 5.41) is 11.0. The van der Waals surface area contributed by atoms with Crippen molar-refractivity contribution in [3.8, 4) is 0 Å². The van der Waals surface area contributed by atoms with Crippen LogP contribution in [0.25, 0.3) is 0 Å². The Morgan fingerprint density at radius 3 is 2.43 bits per heavy atom. The molecule has 51 heavy (non-hydrogen) atoms. The molecule has 0 aromatic rings. The first-order valence-electron chi connectivity index (χ1n) is 17.4. The number of carbonyl (C=O) groups excluding carboxylic acids is 5. The van der Waals surface area contributed by atoms with Crippen LogP contribution in [0.4, 0.5) is 4.79 Å². The minimum Gasteiger partial charge on any atom is -0.490 e. The van der Waals surface area contributed by atoms with Crippen LogP contribution in [0.5, 0.6) is 0 Å². The summed E-state index contributed by atoms with van der Waals surface area (Å²) in [6.45, 7) is 12.1. The molecule has 4 amide bonds. The van der Waals surface area contributed by atoms with Gasteiger partial charge in [0.25, 0.3) is 0 Å². The van der Waals surface area contributed by atoms with Gasteiger partial charge in [-0.3, -0.25) is 14.4 Å². The highest BCUT2D eigenvalue weighted by Crippen LogP contribution is 2.23. The molecule has 1 rings (SSSR count). The molecule has 0 saturated heterocycles. The standard InChI is InChI=1S/C38H58N4O8S/c1-8-9-16-29(49-37(47)41-24-14-23-39-32(43)21-25-51)17-13-22-40-35(45)34(38(4,5)6)42-33(44)20-11-10-15-27(2)26-28(3)30-18-12-19-31(48-7)36(46)50-30/h8-11,13,15,19-20,22,26,28-30,34,51H,12,14,16-18,21,23-25H2,1-7H3,(H,39,43)(H,40,45)(H,41,47)(H,42,44)/b9-8-,15-10-,20-11-,22-13-,27-26+/t28-,29-,30-,34+/m0/s1. The number of carbonyl (C=O) groups is 5. The van der Waals surface area contributed by atoms with Gasteiger partial charge in [-0.2, -0.15) is 12.6 Å². The first-order valence-corrected chi connectivity index (χ1v) is 18.0. The van der Waals surface area contributed by atoms with Gasteiger partial charge >= 0.3 is 12.1 Å². The zero-order valence-electron chi connectivity index (χ0n) is 31.2. The van der Waals surface area contributed by atoms with E-state index in [-0.39, 0.29) is 29.6 Å². The van der Waals surface area contributed by atoms with Crippen LogP contribution >= 0.6 is 12.6 Å². The summed E-state index contributed by atoms with van der Waals surface area (Å²) in [6, 6.07) is -0.829. The van der Waals surface area contributed by atoms with E-state index < -0.39 is 35.5 Å². The average Bonchev–Trinajstić information content (AvgIpc) is 3.26. The quantitative estimate of drug-likeness (QED) is 0.0280. The van der Waals surface area contributed by atoms with Gasteiger partial charge in [0, 0.05) is 44.3 Å². The highest BCUT2D eigenvalue weighted by molar-refractivity contribution is 7.80. The van der Waals surface area contributed by atoms with Gasteiger partial charge in [0.15, 0.2) is 5.76 Å². The van der Waals surface area contributed by atoms with Crippen molar-refractivity contribution in [1.29, 1.82) is 0 Å². The van der Waals surface area contributed by atoms with Crippen molar-refractivity contribution in [2.75, 3.05) is 26.0 Å². The van der Waals surface area contributed by atoms with Gasteiger partial charge in [0.05, 0.1) is 7.11 Å². The summed E-state index contributed by atoms with van der Waals surface area (Å²) in [5.74, 6) is -0.669. The molecule has 0 saturated carbocycles. The van der Waals surface area contributed by atoms with Crippen molar-refractivity contribution in [2.24, 2.45) is 11.3 Å². The normalized spacial score (nSPS) is 17.4. The minimum absolute atomic E-state index is 0.0209. The molecule has 0 aliphatic carbocycles. The van der Waals surface area contributed by atoms with Crippen LogP contribution < -0.4 is 21.3 Å². The first kappa shape index (κ1) is 44.8. The highest BCUT2D eigenvalue weighted by Gasteiger charge is 2.32. The molecule has 12 nitrogen and oxygen atoms in total. The molecule has 0 unspecified atom stereocenters. The van der Waals surface area contributed by atoms with Gasteiger partial charge in [-0.05, 0) is 56.6 Å². The number of hydrogen-bond acceptors (Lipinski definition) is 9. The van der Waals surface area contributed by atoms with Crippen LogP contribution in [-0.2, 0) is 33.4 Å². The lowest BCUT2D eigenvalue weighted by molar-refractivity contribution is -0.149. The number of esters is 1. The van der Waals surface area contributed by atoms with Gasteiger partial charge in [-0.1, -0.05) is 75.8 Å². The predicted octanol–water partition coefficient (Wildman–Crippen LogP) is 5.36. The number of allylic oxidation sites excluding steroid dienone is 6. The third kappa shape index (κ3) is 19.6. The number of hydrogen-bond donors (Lipinski definition) is 5. The molecule has 4 atom stereocenters. The second-order valence-electron chi connectivity index (χ2n) is 13.2. The van der Waals surface area contributed by atoms with E-state index in [9.17, 15) is 24.0 Å². The lowest BCUT2D eigenvalue weighted by Crippen LogP contribution is -2.52. The molecule has 4 N–H and O–H groups in total. The predicted molar refractivity (Wildman–Crippen MR) is 202 cm³/mol. The fourth-order valence-electron chi connectivity index (χ4n) is 4.86. The van der Waals surface area contributed by atoms with Crippen LogP contribution in [-0.4, -0.2) is 74.0 Å². The van der Waals surface area contributed by atoms with Crippen molar-refractivity contribution in [3.05, 3.63) is 72.2 Å². The lowest BCUT2D eigenvalue weighted by atomic mass is 9.86. The van der Waals surface area contributed by atoms with Gasteiger partial charge in [0.1, 0.15) is 18.2 Å². The first-order chi connectivity index (χ1) is 24.2. The molecule has 0 aromatic carbocycles. The van der Waals surface area contributed by atoms with Crippen LogP contribution in [0.3, 0.4) is 0 Å². The maximum absolute atomic E-state index is 13.1. The number of methoxy groups -OCH3 is 1. The molecular weight excluding hydrogens is 673 g/mol. The number of thiol groups is 1. The Bertz CT molecular complexity index is 1330. The Morgan fingerprint density at radius 1 is 1.08 bits per heavy atom. The van der Waals surface area contributed by atoms with Crippen molar-refractivity contribution in [3.63, 3.8) is 0 Å². The Balaban J connectivity index is 2.65. The van der Waals surface area contributed by atoms with E-state index >= 15 is 0 Å². The Kier molecular flexibility index (Phi) is 21.8. The second-order valence-corrected chi connectivity index (χ2v) is 13.6. The summed E-state index contributed by atoms with van der Waals surface area (Å²) in [6.07, 6.45) is 19.1. The minimum atomic E-state index is -0.829. The van der Waals surface area contributed by atoms with Crippen molar-refractivity contribution >= 4 is 42.4 Å². The van der Waals surface area contributed by atoms with E-state index in [0.29, 0.717) is 57.4 Å². The molecule has 0 spiro atoms. The summed E-state index contributed by atoms with van der Waals surface area (Å²) in [5.41, 5.74) is 0.353. The highest BCUT2D eigenvalue weighted by atomic mass is 32.1. The molecule has 0 fully saturated rings. The summed E-state index contributed by atoms with van der Waals surface area (Å²) in [4.78, 5) is 61.8. The third-order valence-corrected chi connectivity index (χ3v) is 7.86. The average molecular weight is 731 g/mol. The van der Waals surface area contributed by atoms with Gasteiger partial charge < -0.3 is 35.5 Å². The van der Waals surface area contributed by atoms with Crippen molar-refractivity contribution in [1.82, 2.24) is 21.3 Å². The van der Waals surface area contributed by atoms with Gasteiger partial charge in [-0.15, -0.1) is 0 Å². The number of amides is 4. The Hall–Kier alpha value is -4.26. The summed E-state index contributed by atoms with van der Waals surface area (Å²) < 4.78 is 16.2. The number of ether oxygens (including phenoxy) is 3. The molecule has 0 bridgehead atoms. The topological polar surface area (TPSA) is 161 Å². The summed E-state index contributed by atoms with van der Waals surface area (Å²) in [7, 11) is 1.45. The zero-order chi connectivity index (χ0) is 38.2. The van der Waals surface area contributed by atoms with Gasteiger partial charge in [0.2, 0.25) is 17.7 Å². The second kappa shape index (κ2) is 24.8. The number of alkyl carbamates (subject to hydrolysis) is 1. The van der Waals surface area contributed by atoms with Crippen molar-refractivity contribution < 1.29 is 38.2 Å². The Labute approximate surface area is 309 Å². The molecule has 1 aliphatic heterocycles. The molecule has 1 heterocycles. The molecular formula is C38H58N4O8S. The molecule has 284 valence electrons. The van der Waals surface area contributed by atoms with E-state index in [1.165, 1.54) is 19.4 Å².